The number of nitrogens with one attached hydrogen (secondary N) is 1. The molecule has 0 aromatic heterocycles. The molecule has 98 valence electrons. The Morgan fingerprint density at radius 1 is 1.39 bits per heavy atom. The van der Waals surface area contributed by atoms with Crippen molar-refractivity contribution in [3.63, 3.8) is 0 Å². The van der Waals surface area contributed by atoms with Gasteiger partial charge in [-0.1, -0.05) is 28.1 Å². The van der Waals surface area contributed by atoms with Crippen molar-refractivity contribution >= 4 is 21.9 Å². The van der Waals surface area contributed by atoms with Crippen molar-refractivity contribution < 1.29 is 9.53 Å². The second-order valence-electron chi connectivity index (χ2n) is 4.83. The predicted molar refractivity (Wildman–Crippen MR) is 74.5 cm³/mol. The molecule has 0 radical (unpaired) electrons. The number of hydrogen-bond acceptors (Lipinski definition) is 3. The van der Waals surface area contributed by atoms with Crippen LogP contribution in [0.1, 0.15) is 31.2 Å². The molecule has 1 saturated carbocycles. The first-order chi connectivity index (χ1) is 8.60. The molecule has 1 fully saturated rings. The van der Waals surface area contributed by atoms with E-state index in [1.54, 1.807) is 0 Å². The Morgan fingerprint density at radius 3 is 2.56 bits per heavy atom. The van der Waals surface area contributed by atoms with E-state index >= 15 is 0 Å². The molecule has 0 spiro atoms. The summed E-state index contributed by atoms with van der Waals surface area (Å²) in [5.41, 5.74) is 1.38. The van der Waals surface area contributed by atoms with Gasteiger partial charge < -0.3 is 10.1 Å². The van der Waals surface area contributed by atoms with Crippen molar-refractivity contribution in [2.45, 2.75) is 37.8 Å². The molecule has 4 heteroatoms. The molecule has 0 bridgehead atoms. The van der Waals surface area contributed by atoms with Gasteiger partial charge in [-0.2, -0.15) is 0 Å². The predicted octanol–water partition coefficient (Wildman–Crippen LogP) is 2.85. The fraction of sp³-hybridized carbons (Fsp3) is 0.500. The number of halogens is 1. The largest absolute Gasteiger partial charge is 0.468 e. The average Bonchev–Trinajstić information content (AvgIpc) is 2.33. The van der Waals surface area contributed by atoms with Crippen LogP contribution in [0.4, 0.5) is 0 Å². The number of carbonyl (C=O) groups is 1. The fourth-order valence-corrected chi connectivity index (χ4v) is 2.62. The van der Waals surface area contributed by atoms with Crippen LogP contribution in [0.3, 0.4) is 0 Å². The first-order valence-electron chi connectivity index (χ1n) is 6.19. The van der Waals surface area contributed by atoms with Gasteiger partial charge >= 0.3 is 5.97 Å². The summed E-state index contributed by atoms with van der Waals surface area (Å²) in [6, 6.07) is 8.68. The summed E-state index contributed by atoms with van der Waals surface area (Å²) in [7, 11) is 1.42. The third-order valence-corrected chi connectivity index (χ3v) is 4.05. The SMILES string of the molecule is COC(=O)C(C)NC1CC(c2ccc(Br)cc2)C1. The summed E-state index contributed by atoms with van der Waals surface area (Å²) in [4.78, 5) is 11.3. The van der Waals surface area contributed by atoms with Crippen LogP contribution in [-0.4, -0.2) is 25.2 Å². The molecular weight excluding hydrogens is 294 g/mol. The standard InChI is InChI=1S/C14H18BrNO2/c1-9(14(17)18-2)16-13-7-11(8-13)10-3-5-12(15)6-4-10/h3-6,9,11,13,16H,7-8H2,1-2H3. The van der Waals surface area contributed by atoms with Crippen molar-refractivity contribution in [2.24, 2.45) is 0 Å². The molecule has 1 aromatic rings. The maximum absolute atomic E-state index is 11.3. The summed E-state index contributed by atoms with van der Waals surface area (Å²) >= 11 is 3.44. The minimum absolute atomic E-state index is 0.193. The second-order valence-corrected chi connectivity index (χ2v) is 5.74. The molecule has 1 aliphatic rings. The highest BCUT2D eigenvalue weighted by molar-refractivity contribution is 9.10. The molecule has 1 aromatic carbocycles. The van der Waals surface area contributed by atoms with Crippen LogP contribution >= 0.6 is 15.9 Å². The number of carbonyl (C=O) groups excluding carboxylic acids is 1. The molecule has 1 N–H and O–H groups in total. The molecule has 0 aliphatic heterocycles. The number of rotatable bonds is 4. The van der Waals surface area contributed by atoms with Crippen LogP contribution in [0.2, 0.25) is 0 Å². The fourth-order valence-electron chi connectivity index (χ4n) is 2.36. The number of ether oxygens (including phenoxy) is 1. The van der Waals surface area contributed by atoms with Crippen LogP contribution in [-0.2, 0) is 9.53 Å². The quantitative estimate of drug-likeness (QED) is 0.869. The zero-order valence-corrected chi connectivity index (χ0v) is 12.2. The van der Waals surface area contributed by atoms with E-state index in [1.165, 1.54) is 12.7 Å². The Hall–Kier alpha value is -0.870. The topological polar surface area (TPSA) is 38.3 Å². The van der Waals surface area contributed by atoms with Crippen LogP contribution in [0, 0.1) is 0 Å². The highest BCUT2D eigenvalue weighted by Gasteiger charge is 2.32. The van der Waals surface area contributed by atoms with E-state index in [-0.39, 0.29) is 12.0 Å². The normalized spacial score (nSPS) is 24.2. The van der Waals surface area contributed by atoms with Crippen molar-refractivity contribution in [1.82, 2.24) is 5.32 Å². The van der Waals surface area contributed by atoms with Crippen molar-refractivity contribution in [2.75, 3.05) is 7.11 Å². The van der Waals surface area contributed by atoms with E-state index in [0.717, 1.165) is 17.3 Å². The first-order valence-corrected chi connectivity index (χ1v) is 6.98. The lowest BCUT2D eigenvalue weighted by Crippen LogP contribution is -2.47. The minimum atomic E-state index is -0.217. The Morgan fingerprint density at radius 2 is 2.00 bits per heavy atom. The number of hydrogen-bond donors (Lipinski definition) is 1. The monoisotopic (exact) mass is 311 g/mol. The van der Waals surface area contributed by atoms with Crippen LogP contribution in [0.5, 0.6) is 0 Å². The maximum atomic E-state index is 11.3. The van der Waals surface area contributed by atoms with Gasteiger partial charge in [0.25, 0.3) is 0 Å². The third kappa shape index (κ3) is 3.12. The summed E-state index contributed by atoms with van der Waals surface area (Å²) in [6.45, 7) is 1.85. The van der Waals surface area contributed by atoms with Crippen molar-refractivity contribution in [3.8, 4) is 0 Å². The van der Waals surface area contributed by atoms with Gasteiger partial charge in [-0.05, 0) is 43.4 Å². The second kappa shape index (κ2) is 5.85. The van der Waals surface area contributed by atoms with Gasteiger partial charge in [0.2, 0.25) is 0 Å². The molecule has 0 heterocycles. The van der Waals surface area contributed by atoms with Gasteiger partial charge in [0.1, 0.15) is 6.04 Å². The summed E-state index contributed by atoms with van der Waals surface area (Å²) in [5.74, 6) is 0.419. The third-order valence-electron chi connectivity index (χ3n) is 3.52. The maximum Gasteiger partial charge on any atom is 0.322 e. The molecule has 0 saturated heterocycles. The molecule has 1 unspecified atom stereocenters. The molecule has 2 rings (SSSR count). The van der Waals surface area contributed by atoms with Crippen molar-refractivity contribution in [1.29, 1.82) is 0 Å². The summed E-state index contributed by atoms with van der Waals surface area (Å²) < 4.78 is 5.81. The Balaban J connectivity index is 1.80. The molecule has 1 atom stereocenters. The number of esters is 1. The molecule has 1 aliphatic carbocycles. The van der Waals surface area contributed by atoms with E-state index in [0.29, 0.717) is 12.0 Å². The molecule has 18 heavy (non-hydrogen) atoms. The van der Waals surface area contributed by atoms with Crippen molar-refractivity contribution in [3.05, 3.63) is 34.3 Å². The number of benzene rings is 1. The molecule has 0 amide bonds. The van der Waals surface area contributed by atoms with Gasteiger partial charge in [0, 0.05) is 10.5 Å². The van der Waals surface area contributed by atoms with Gasteiger partial charge in [-0.25, -0.2) is 0 Å². The van der Waals surface area contributed by atoms with Crippen LogP contribution in [0.15, 0.2) is 28.7 Å². The van der Waals surface area contributed by atoms with Gasteiger partial charge in [0.05, 0.1) is 7.11 Å². The summed E-state index contributed by atoms with van der Waals surface area (Å²) in [6.07, 6.45) is 2.17. The minimum Gasteiger partial charge on any atom is -0.468 e. The average molecular weight is 312 g/mol. The van der Waals surface area contributed by atoms with Gasteiger partial charge in [0.15, 0.2) is 0 Å². The van der Waals surface area contributed by atoms with Gasteiger partial charge in [-0.15, -0.1) is 0 Å². The Kier molecular flexibility index (Phi) is 4.40. The highest BCUT2D eigenvalue weighted by atomic mass is 79.9. The van der Waals surface area contributed by atoms with E-state index in [2.05, 4.69) is 45.5 Å². The Labute approximate surface area is 116 Å². The molecular formula is C14H18BrNO2. The lowest BCUT2D eigenvalue weighted by Gasteiger charge is -2.37. The molecule has 3 nitrogen and oxygen atoms in total. The smallest absolute Gasteiger partial charge is 0.322 e. The highest BCUT2D eigenvalue weighted by Crippen LogP contribution is 2.37. The lowest BCUT2D eigenvalue weighted by atomic mass is 9.75. The van der Waals surface area contributed by atoms with E-state index in [1.807, 2.05) is 6.92 Å². The zero-order chi connectivity index (χ0) is 13.1. The van der Waals surface area contributed by atoms with Crippen LogP contribution < -0.4 is 5.32 Å². The van der Waals surface area contributed by atoms with E-state index in [9.17, 15) is 4.79 Å². The van der Waals surface area contributed by atoms with Crippen LogP contribution in [0.25, 0.3) is 0 Å². The lowest BCUT2D eigenvalue weighted by molar-refractivity contribution is -0.143. The Bertz CT molecular complexity index is 412. The first kappa shape index (κ1) is 13.6. The summed E-state index contributed by atoms with van der Waals surface area (Å²) in [5, 5.41) is 3.29. The van der Waals surface area contributed by atoms with E-state index in [4.69, 9.17) is 4.74 Å². The number of methoxy groups -OCH3 is 1. The zero-order valence-electron chi connectivity index (χ0n) is 10.7. The van der Waals surface area contributed by atoms with Gasteiger partial charge in [-0.3, -0.25) is 4.79 Å². The van der Waals surface area contributed by atoms with E-state index < -0.39 is 0 Å².